The monoisotopic (exact) mass is 346 g/mol. The molecule has 1 aromatic carbocycles. The zero-order valence-corrected chi connectivity index (χ0v) is 13.3. The summed E-state index contributed by atoms with van der Waals surface area (Å²) in [4.78, 5) is 15.9. The van der Waals surface area contributed by atoms with Gasteiger partial charge in [-0.15, -0.1) is 10.2 Å². The van der Waals surface area contributed by atoms with Crippen molar-refractivity contribution in [2.24, 2.45) is 0 Å². The number of nitrogens with one attached hydrogen (secondary N) is 1. The molecular formula is C15H11ClN4O2S. The van der Waals surface area contributed by atoms with Crippen LogP contribution in [0, 0.1) is 0 Å². The van der Waals surface area contributed by atoms with Gasteiger partial charge in [0.1, 0.15) is 0 Å². The van der Waals surface area contributed by atoms with Crippen LogP contribution in [0.4, 0.5) is 5.69 Å². The van der Waals surface area contributed by atoms with Crippen molar-refractivity contribution in [1.29, 1.82) is 0 Å². The number of hydrogen-bond acceptors (Lipinski definition) is 6. The summed E-state index contributed by atoms with van der Waals surface area (Å²) in [7, 11) is 0. The fraction of sp³-hybridized carbons (Fsp3) is 0.0667. The predicted octanol–water partition coefficient (Wildman–Crippen LogP) is 3.52. The average Bonchev–Trinajstić information content (AvgIpc) is 3.05. The molecule has 0 fully saturated rings. The van der Waals surface area contributed by atoms with Crippen LogP contribution in [0.3, 0.4) is 0 Å². The van der Waals surface area contributed by atoms with Gasteiger partial charge in [0.2, 0.25) is 11.8 Å². The number of pyridine rings is 1. The van der Waals surface area contributed by atoms with Gasteiger partial charge in [-0.05, 0) is 24.3 Å². The molecular weight excluding hydrogens is 336 g/mol. The molecule has 3 aromatic rings. The first-order chi connectivity index (χ1) is 11.2. The van der Waals surface area contributed by atoms with Gasteiger partial charge >= 0.3 is 0 Å². The van der Waals surface area contributed by atoms with E-state index in [2.05, 4.69) is 20.5 Å². The SMILES string of the molecule is O=C(CSc1nnc(-c2cccnc2)o1)Nc1ccccc1Cl. The number of rotatable bonds is 5. The van der Waals surface area contributed by atoms with Crippen molar-refractivity contribution in [2.45, 2.75) is 5.22 Å². The lowest BCUT2D eigenvalue weighted by atomic mass is 10.3. The van der Waals surface area contributed by atoms with E-state index >= 15 is 0 Å². The first kappa shape index (κ1) is 15.5. The van der Waals surface area contributed by atoms with E-state index in [1.54, 1.807) is 42.7 Å². The Hall–Kier alpha value is -2.38. The normalized spacial score (nSPS) is 10.5. The fourth-order valence-electron chi connectivity index (χ4n) is 1.75. The molecule has 0 radical (unpaired) electrons. The minimum atomic E-state index is -0.204. The topological polar surface area (TPSA) is 80.9 Å². The predicted molar refractivity (Wildman–Crippen MR) is 88.3 cm³/mol. The van der Waals surface area contributed by atoms with Crippen LogP contribution in [-0.2, 0) is 4.79 Å². The number of benzene rings is 1. The first-order valence-corrected chi connectivity index (χ1v) is 8.00. The smallest absolute Gasteiger partial charge is 0.277 e. The maximum Gasteiger partial charge on any atom is 0.277 e. The molecule has 0 bridgehead atoms. The number of para-hydroxylation sites is 1. The highest BCUT2D eigenvalue weighted by Gasteiger charge is 2.12. The van der Waals surface area contributed by atoms with Crippen LogP contribution in [0.5, 0.6) is 0 Å². The molecule has 116 valence electrons. The van der Waals surface area contributed by atoms with E-state index in [4.69, 9.17) is 16.0 Å². The van der Waals surface area contributed by atoms with Crippen LogP contribution in [-0.4, -0.2) is 26.8 Å². The van der Waals surface area contributed by atoms with E-state index < -0.39 is 0 Å². The second-order valence-corrected chi connectivity index (χ2v) is 5.77. The molecule has 2 aromatic heterocycles. The Labute approximate surface area is 141 Å². The van der Waals surface area contributed by atoms with Gasteiger partial charge in [-0.3, -0.25) is 9.78 Å². The highest BCUT2D eigenvalue weighted by molar-refractivity contribution is 7.99. The number of halogens is 1. The maximum absolute atomic E-state index is 11.9. The molecule has 23 heavy (non-hydrogen) atoms. The quantitative estimate of drug-likeness (QED) is 0.712. The number of amides is 1. The van der Waals surface area contributed by atoms with Gasteiger partial charge in [0.15, 0.2) is 0 Å². The molecule has 0 saturated carbocycles. The number of nitrogens with zero attached hydrogens (tertiary/aromatic N) is 3. The van der Waals surface area contributed by atoms with Crippen molar-refractivity contribution >= 4 is 35.0 Å². The van der Waals surface area contributed by atoms with Gasteiger partial charge in [-0.1, -0.05) is 35.5 Å². The summed E-state index contributed by atoms with van der Waals surface area (Å²) in [6, 6.07) is 10.6. The summed E-state index contributed by atoms with van der Waals surface area (Å²) in [6.45, 7) is 0. The van der Waals surface area contributed by atoms with Crippen LogP contribution < -0.4 is 5.32 Å². The summed E-state index contributed by atoms with van der Waals surface area (Å²) in [5, 5.41) is 11.4. The minimum Gasteiger partial charge on any atom is -0.411 e. The average molecular weight is 347 g/mol. The second-order valence-electron chi connectivity index (χ2n) is 4.43. The lowest BCUT2D eigenvalue weighted by Gasteiger charge is -2.05. The van der Waals surface area contributed by atoms with Crippen molar-refractivity contribution in [1.82, 2.24) is 15.2 Å². The number of thioether (sulfide) groups is 1. The maximum atomic E-state index is 11.9. The Morgan fingerprint density at radius 2 is 2.09 bits per heavy atom. The molecule has 1 N–H and O–H groups in total. The van der Waals surface area contributed by atoms with Crippen LogP contribution in [0.1, 0.15) is 0 Å². The first-order valence-electron chi connectivity index (χ1n) is 6.63. The summed E-state index contributed by atoms with van der Waals surface area (Å²) in [5.74, 6) is 0.302. The van der Waals surface area contributed by atoms with Crippen molar-refractivity contribution in [3.63, 3.8) is 0 Å². The Kier molecular flexibility index (Phi) is 4.89. The number of anilines is 1. The molecule has 1 amide bonds. The van der Waals surface area contributed by atoms with Crippen molar-refractivity contribution in [2.75, 3.05) is 11.1 Å². The highest BCUT2D eigenvalue weighted by Crippen LogP contribution is 2.24. The lowest BCUT2D eigenvalue weighted by molar-refractivity contribution is -0.113. The van der Waals surface area contributed by atoms with Gasteiger partial charge in [0.25, 0.3) is 5.22 Å². The lowest BCUT2D eigenvalue weighted by Crippen LogP contribution is -2.14. The third-order valence-electron chi connectivity index (χ3n) is 2.79. The Morgan fingerprint density at radius 1 is 1.22 bits per heavy atom. The van der Waals surface area contributed by atoms with Crippen molar-refractivity contribution in [3.05, 3.63) is 53.8 Å². The largest absolute Gasteiger partial charge is 0.411 e. The second kappa shape index (κ2) is 7.26. The fourth-order valence-corrected chi connectivity index (χ4v) is 2.50. The molecule has 0 spiro atoms. The van der Waals surface area contributed by atoms with Gasteiger partial charge in [0, 0.05) is 12.4 Å². The molecule has 8 heteroatoms. The summed E-state index contributed by atoms with van der Waals surface area (Å²) >= 11 is 7.14. The Bertz CT molecular complexity index is 810. The summed E-state index contributed by atoms with van der Waals surface area (Å²) < 4.78 is 5.49. The van der Waals surface area contributed by atoms with Gasteiger partial charge in [-0.25, -0.2) is 0 Å². The number of aromatic nitrogens is 3. The molecule has 0 saturated heterocycles. The van der Waals surface area contributed by atoms with E-state index in [1.807, 2.05) is 6.07 Å². The third-order valence-corrected chi connectivity index (χ3v) is 3.94. The van der Waals surface area contributed by atoms with E-state index in [9.17, 15) is 4.79 Å². The zero-order chi connectivity index (χ0) is 16.1. The van der Waals surface area contributed by atoms with Crippen LogP contribution >= 0.6 is 23.4 Å². The number of carbonyl (C=O) groups excluding carboxylic acids is 1. The number of carbonyl (C=O) groups is 1. The summed E-state index contributed by atoms with van der Waals surface area (Å²) in [5.41, 5.74) is 1.30. The third kappa shape index (κ3) is 4.08. The van der Waals surface area contributed by atoms with E-state index in [-0.39, 0.29) is 11.7 Å². The van der Waals surface area contributed by atoms with Crippen LogP contribution in [0.15, 0.2) is 58.4 Å². The molecule has 3 rings (SSSR count). The Morgan fingerprint density at radius 3 is 2.87 bits per heavy atom. The highest BCUT2D eigenvalue weighted by atomic mass is 35.5. The van der Waals surface area contributed by atoms with Gasteiger partial charge in [0.05, 0.1) is 22.0 Å². The Balaban J connectivity index is 1.58. The summed E-state index contributed by atoms with van der Waals surface area (Å²) in [6.07, 6.45) is 3.29. The molecule has 0 unspecified atom stereocenters. The molecule has 6 nitrogen and oxygen atoms in total. The molecule has 2 heterocycles. The standard InChI is InChI=1S/C15H11ClN4O2S/c16-11-5-1-2-6-12(11)18-13(21)9-23-15-20-19-14(22-15)10-4-3-7-17-8-10/h1-8H,9H2,(H,18,21). The van der Waals surface area contributed by atoms with E-state index in [0.717, 1.165) is 17.3 Å². The van der Waals surface area contributed by atoms with E-state index in [0.29, 0.717) is 21.8 Å². The van der Waals surface area contributed by atoms with Crippen molar-refractivity contribution in [3.8, 4) is 11.5 Å². The molecule has 0 atom stereocenters. The van der Waals surface area contributed by atoms with Crippen LogP contribution in [0.2, 0.25) is 5.02 Å². The number of hydrogen-bond donors (Lipinski definition) is 1. The van der Waals surface area contributed by atoms with Gasteiger partial charge < -0.3 is 9.73 Å². The molecule has 0 aliphatic rings. The minimum absolute atomic E-state index is 0.139. The van der Waals surface area contributed by atoms with E-state index in [1.165, 1.54) is 0 Å². The van der Waals surface area contributed by atoms with Crippen LogP contribution in [0.25, 0.3) is 11.5 Å². The van der Waals surface area contributed by atoms with Gasteiger partial charge in [-0.2, -0.15) is 0 Å². The zero-order valence-electron chi connectivity index (χ0n) is 11.8. The molecule has 0 aliphatic carbocycles. The van der Waals surface area contributed by atoms with Crippen molar-refractivity contribution < 1.29 is 9.21 Å². The molecule has 0 aliphatic heterocycles.